The average molecular weight is 405 g/mol. The molecule has 0 radical (unpaired) electrons. The summed E-state index contributed by atoms with van der Waals surface area (Å²) in [7, 11) is -3.58. The molecule has 1 fully saturated rings. The second-order valence-corrected chi connectivity index (χ2v) is 8.89. The van der Waals surface area contributed by atoms with Crippen molar-refractivity contribution in [3.8, 4) is 12.1 Å². The van der Waals surface area contributed by atoms with Gasteiger partial charge in [0.2, 0.25) is 10.0 Å². The van der Waals surface area contributed by atoms with Crippen LogP contribution in [0.3, 0.4) is 0 Å². The Hall–Kier alpha value is -3.17. The fourth-order valence-corrected chi connectivity index (χ4v) is 5.07. The van der Waals surface area contributed by atoms with E-state index in [4.69, 9.17) is 5.26 Å². The van der Waals surface area contributed by atoms with Gasteiger partial charge in [-0.25, -0.2) is 8.42 Å². The van der Waals surface area contributed by atoms with E-state index in [0.29, 0.717) is 43.9 Å². The van der Waals surface area contributed by atoms with Gasteiger partial charge < -0.3 is 4.40 Å². The zero-order chi connectivity index (χ0) is 20.4. The van der Waals surface area contributed by atoms with Crippen LogP contribution in [0.25, 0.3) is 5.52 Å². The number of piperazine rings is 1. The Balaban J connectivity index is 1.46. The molecule has 0 atom stereocenters. The maximum Gasteiger partial charge on any atom is 0.243 e. The van der Waals surface area contributed by atoms with E-state index in [2.05, 4.69) is 11.0 Å². The first kappa shape index (κ1) is 19.2. The third-order valence-corrected chi connectivity index (χ3v) is 7.13. The van der Waals surface area contributed by atoms with Crippen LogP contribution < -0.4 is 0 Å². The first-order valence-electron chi connectivity index (χ1n) is 9.24. The molecule has 8 heteroatoms. The zero-order valence-electron chi connectivity index (χ0n) is 15.7. The molecule has 3 heterocycles. The molecule has 0 spiro atoms. The van der Waals surface area contributed by atoms with E-state index >= 15 is 0 Å². The number of pyridine rings is 1. The van der Waals surface area contributed by atoms with Crippen LogP contribution in [0.5, 0.6) is 0 Å². The van der Waals surface area contributed by atoms with Crippen molar-refractivity contribution in [1.82, 2.24) is 13.6 Å². The summed E-state index contributed by atoms with van der Waals surface area (Å²) in [5.41, 5.74) is 2.93. The molecule has 0 amide bonds. The monoisotopic (exact) mass is 405 g/mol. The molecular weight excluding hydrogens is 386 g/mol. The van der Waals surface area contributed by atoms with Crippen LogP contribution in [0.15, 0.2) is 59.8 Å². The van der Waals surface area contributed by atoms with Crippen LogP contribution >= 0.6 is 0 Å². The smallest absolute Gasteiger partial charge is 0.243 e. The minimum absolute atomic E-state index is 0.204. The van der Waals surface area contributed by atoms with E-state index in [-0.39, 0.29) is 4.90 Å². The van der Waals surface area contributed by atoms with Crippen molar-refractivity contribution >= 4 is 15.5 Å². The minimum Gasteiger partial charge on any atom is -0.322 e. The third kappa shape index (κ3) is 3.62. The van der Waals surface area contributed by atoms with E-state index in [9.17, 15) is 13.7 Å². The van der Waals surface area contributed by atoms with Gasteiger partial charge in [0.05, 0.1) is 27.6 Å². The number of nitrogens with zero attached hydrogens (tertiary/aromatic N) is 5. The predicted octanol–water partition coefficient (Wildman–Crippen LogP) is 2.19. The van der Waals surface area contributed by atoms with Gasteiger partial charge in [0, 0.05) is 50.7 Å². The number of hydrogen-bond acceptors (Lipinski definition) is 5. The Morgan fingerprint density at radius 2 is 1.66 bits per heavy atom. The standard InChI is InChI=1S/C21H19N5O2S/c22-13-17-4-6-19(7-5-17)29(27,28)26-11-9-24(10-12-26)15-18-16-25-8-2-1-3-21(25)20(18)14-23/h1-8,16H,9-12,15H2. The Bertz CT molecular complexity index is 1220. The quantitative estimate of drug-likeness (QED) is 0.663. The summed E-state index contributed by atoms with van der Waals surface area (Å²) >= 11 is 0. The van der Waals surface area contributed by atoms with Crippen LogP contribution in [0, 0.1) is 22.7 Å². The number of fused-ring (bicyclic) bond motifs is 1. The molecule has 29 heavy (non-hydrogen) atoms. The average Bonchev–Trinajstić information content (AvgIpc) is 3.11. The Labute approximate surface area is 169 Å². The summed E-state index contributed by atoms with van der Waals surface area (Å²) in [6.45, 7) is 2.56. The maximum absolute atomic E-state index is 12.8. The van der Waals surface area contributed by atoms with Crippen molar-refractivity contribution in [2.75, 3.05) is 26.2 Å². The van der Waals surface area contributed by atoms with Crippen LogP contribution in [0.1, 0.15) is 16.7 Å². The highest BCUT2D eigenvalue weighted by atomic mass is 32.2. The molecule has 7 nitrogen and oxygen atoms in total. The highest BCUT2D eigenvalue weighted by Gasteiger charge is 2.29. The lowest BCUT2D eigenvalue weighted by Crippen LogP contribution is -2.48. The van der Waals surface area contributed by atoms with Crippen molar-refractivity contribution in [3.63, 3.8) is 0 Å². The van der Waals surface area contributed by atoms with Gasteiger partial charge in [-0.15, -0.1) is 0 Å². The summed E-state index contributed by atoms with van der Waals surface area (Å²) in [6, 6.07) is 16.0. The first-order valence-corrected chi connectivity index (χ1v) is 10.7. The second kappa shape index (κ2) is 7.69. The van der Waals surface area contributed by atoms with E-state index in [1.54, 1.807) is 0 Å². The van der Waals surface area contributed by atoms with Crippen LogP contribution in [-0.2, 0) is 16.6 Å². The lowest BCUT2D eigenvalue weighted by molar-refractivity contribution is 0.181. The van der Waals surface area contributed by atoms with Gasteiger partial charge in [0.25, 0.3) is 0 Å². The highest BCUT2D eigenvalue weighted by Crippen LogP contribution is 2.22. The van der Waals surface area contributed by atoms with Gasteiger partial charge in [-0.3, -0.25) is 4.90 Å². The molecule has 1 aliphatic heterocycles. The molecule has 4 rings (SSSR count). The molecule has 146 valence electrons. The lowest BCUT2D eigenvalue weighted by Gasteiger charge is -2.33. The molecule has 0 N–H and O–H groups in total. The van der Waals surface area contributed by atoms with E-state index in [0.717, 1.165) is 11.1 Å². The fraction of sp³-hybridized carbons (Fsp3) is 0.238. The van der Waals surface area contributed by atoms with Crippen LogP contribution in [0.2, 0.25) is 0 Å². The van der Waals surface area contributed by atoms with Gasteiger partial charge in [-0.05, 0) is 36.4 Å². The van der Waals surface area contributed by atoms with Crippen LogP contribution in [0.4, 0.5) is 0 Å². The Kier molecular flexibility index (Phi) is 5.08. The molecule has 0 aliphatic carbocycles. The first-order chi connectivity index (χ1) is 14.0. The summed E-state index contributed by atoms with van der Waals surface area (Å²) in [5, 5.41) is 18.4. The molecule has 1 saturated heterocycles. The number of rotatable bonds is 4. The normalized spacial score (nSPS) is 15.8. The molecule has 0 saturated carbocycles. The predicted molar refractivity (Wildman–Crippen MR) is 107 cm³/mol. The maximum atomic E-state index is 12.8. The molecule has 1 aromatic carbocycles. The SMILES string of the molecule is N#Cc1ccc(S(=O)(=O)N2CCN(Cc3cn4ccccc4c3C#N)CC2)cc1. The highest BCUT2D eigenvalue weighted by molar-refractivity contribution is 7.89. The van der Waals surface area contributed by atoms with E-state index < -0.39 is 10.0 Å². The van der Waals surface area contributed by atoms with Crippen molar-refractivity contribution < 1.29 is 8.42 Å². The zero-order valence-corrected chi connectivity index (χ0v) is 16.5. The number of nitriles is 2. The molecule has 2 aromatic heterocycles. The number of benzene rings is 1. The van der Waals surface area contributed by atoms with Crippen molar-refractivity contribution in [3.05, 3.63) is 71.5 Å². The van der Waals surface area contributed by atoms with Crippen LogP contribution in [-0.4, -0.2) is 48.2 Å². The Morgan fingerprint density at radius 1 is 0.931 bits per heavy atom. The number of hydrogen-bond donors (Lipinski definition) is 0. The van der Waals surface area contributed by atoms with E-state index in [1.807, 2.05) is 41.1 Å². The van der Waals surface area contributed by atoms with Gasteiger partial charge in [-0.1, -0.05) is 6.07 Å². The fourth-order valence-electron chi connectivity index (χ4n) is 3.65. The summed E-state index contributed by atoms with van der Waals surface area (Å²) in [5.74, 6) is 0. The third-order valence-electron chi connectivity index (χ3n) is 5.22. The largest absolute Gasteiger partial charge is 0.322 e. The van der Waals surface area contributed by atoms with Gasteiger partial charge in [0.1, 0.15) is 6.07 Å². The summed E-state index contributed by atoms with van der Waals surface area (Å²) < 4.78 is 29.1. The molecule has 1 aliphatic rings. The van der Waals surface area contributed by atoms with E-state index in [1.165, 1.54) is 28.6 Å². The number of aromatic nitrogens is 1. The second-order valence-electron chi connectivity index (χ2n) is 6.95. The van der Waals surface area contributed by atoms with Crippen molar-refractivity contribution in [1.29, 1.82) is 10.5 Å². The van der Waals surface area contributed by atoms with Crippen molar-refractivity contribution in [2.24, 2.45) is 0 Å². The number of sulfonamides is 1. The van der Waals surface area contributed by atoms with Crippen molar-refractivity contribution in [2.45, 2.75) is 11.4 Å². The topological polar surface area (TPSA) is 92.6 Å². The Morgan fingerprint density at radius 3 is 2.31 bits per heavy atom. The minimum atomic E-state index is -3.58. The summed E-state index contributed by atoms with van der Waals surface area (Å²) in [6.07, 6.45) is 3.88. The molecule has 0 bridgehead atoms. The van der Waals surface area contributed by atoms with Gasteiger partial charge in [-0.2, -0.15) is 14.8 Å². The molecule has 3 aromatic rings. The van der Waals surface area contributed by atoms with Gasteiger partial charge in [0.15, 0.2) is 0 Å². The molecule has 0 unspecified atom stereocenters. The van der Waals surface area contributed by atoms with Gasteiger partial charge >= 0.3 is 0 Å². The lowest BCUT2D eigenvalue weighted by atomic mass is 10.1. The molecular formula is C21H19N5O2S. The summed E-state index contributed by atoms with van der Waals surface area (Å²) in [4.78, 5) is 2.37.